The van der Waals surface area contributed by atoms with Crippen LogP contribution in [0.1, 0.15) is 75.7 Å². The minimum absolute atomic E-state index is 0.322. The van der Waals surface area contributed by atoms with Crippen molar-refractivity contribution in [2.45, 2.75) is 81.7 Å². The number of allylic oxidation sites excluding steroid dienone is 1. The quantitative estimate of drug-likeness (QED) is 0.458. The van der Waals surface area contributed by atoms with Gasteiger partial charge in [0.15, 0.2) is 0 Å². The molecule has 0 bridgehead atoms. The molecule has 0 aromatic heterocycles. The summed E-state index contributed by atoms with van der Waals surface area (Å²) in [5, 5.41) is 3.43. The second kappa shape index (κ2) is 9.25. The van der Waals surface area contributed by atoms with Gasteiger partial charge >= 0.3 is 0 Å². The van der Waals surface area contributed by atoms with Gasteiger partial charge < -0.3 is 5.32 Å². The van der Waals surface area contributed by atoms with Crippen LogP contribution in [0.3, 0.4) is 0 Å². The molecule has 0 aliphatic heterocycles. The van der Waals surface area contributed by atoms with E-state index in [9.17, 15) is 0 Å². The van der Waals surface area contributed by atoms with Crippen molar-refractivity contribution in [2.75, 3.05) is 7.05 Å². The summed E-state index contributed by atoms with van der Waals surface area (Å²) >= 11 is 0. The van der Waals surface area contributed by atoms with Gasteiger partial charge in [0.2, 0.25) is 0 Å². The highest BCUT2D eigenvalue weighted by atomic mass is 14.9. The Balaban J connectivity index is 5.17. The molecule has 1 heteroatoms. The van der Waals surface area contributed by atoms with Crippen molar-refractivity contribution in [1.82, 2.24) is 5.32 Å². The topological polar surface area (TPSA) is 12.0 Å². The Morgan fingerprint density at radius 2 is 1.30 bits per heavy atom. The van der Waals surface area contributed by atoms with Gasteiger partial charge in [0, 0.05) is 6.04 Å². The van der Waals surface area contributed by atoms with Crippen LogP contribution >= 0.6 is 0 Å². The Hall–Kier alpha value is -0.300. The van der Waals surface area contributed by atoms with Crippen LogP contribution in [0.2, 0.25) is 0 Å². The molecular weight excluding hydrogens is 278 g/mol. The molecule has 0 heterocycles. The molecule has 0 aromatic rings. The lowest BCUT2D eigenvalue weighted by molar-refractivity contribution is 0.0310. The van der Waals surface area contributed by atoms with Crippen LogP contribution < -0.4 is 5.32 Å². The van der Waals surface area contributed by atoms with E-state index >= 15 is 0 Å². The maximum atomic E-state index is 4.29. The molecule has 0 amide bonds. The van der Waals surface area contributed by atoms with E-state index < -0.39 is 0 Å². The van der Waals surface area contributed by atoms with Crippen molar-refractivity contribution >= 4 is 0 Å². The molecule has 0 aromatic carbocycles. The van der Waals surface area contributed by atoms with Crippen LogP contribution in [0, 0.1) is 40.9 Å². The highest BCUT2D eigenvalue weighted by Crippen LogP contribution is 2.46. The van der Waals surface area contributed by atoms with E-state index in [4.69, 9.17) is 0 Å². The summed E-state index contributed by atoms with van der Waals surface area (Å²) in [6.07, 6.45) is 1.10. The van der Waals surface area contributed by atoms with E-state index in [1.54, 1.807) is 0 Å². The van der Waals surface area contributed by atoms with Crippen LogP contribution in [-0.2, 0) is 0 Å². The summed E-state index contributed by atoms with van der Waals surface area (Å²) in [6, 6.07) is 0.565. The van der Waals surface area contributed by atoms with Crippen LogP contribution in [0.25, 0.3) is 0 Å². The molecule has 5 unspecified atom stereocenters. The maximum Gasteiger partial charge on any atom is 0.00640 e. The third kappa shape index (κ3) is 5.34. The maximum absolute atomic E-state index is 4.29. The zero-order valence-electron chi connectivity index (χ0n) is 18.0. The Kier molecular flexibility index (Phi) is 9.13. The van der Waals surface area contributed by atoms with Crippen LogP contribution in [-0.4, -0.2) is 13.1 Å². The third-order valence-electron chi connectivity index (χ3n) is 7.88. The largest absolute Gasteiger partial charge is 0.317 e. The van der Waals surface area contributed by atoms with E-state index in [0.717, 1.165) is 6.42 Å². The molecule has 23 heavy (non-hydrogen) atoms. The smallest absolute Gasteiger partial charge is 0.00640 e. The van der Waals surface area contributed by atoms with Crippen LogP contribution in [0.15, 0.2) is 12.2 Å². The molecule has 0 aliphatic rings. The third-order valence-corrected chi connectivity index (χ3v) is 7.88. The number of nitrogens with one attached hydrogen (secondary N) is 1. The Morgan fingerprint density at radius 1 is 0.870 bits per heavy atom. The van der Waals surface area contributed by atoms with Crippen LogP contribution in [0.4, 0.5) is 0 Å². The Morgan fingerprint density at radius 3 is 1.70 bits per heavy atom. The molecule has 0 saturated heterocycles. The monoisotopic (exact) mass is 323 g/mol. The van der Waals surface area contributed by atoms with Crippen molar-refractivity contribution in [2.24, 2.45) is 40.9 Å². The molecular formula is C22H45N. The zero-order valence-corrected chi connectivity index (χ0v) is 18.0. The van der Waals surface area contributed by atoms with Crippen molar-refractivity contribution in [1.29, 1.82) is 0 Å². The Bertz CT molecular complexity index is 357. The first-order chi connectivity index (χ1) is 10.4. The van der Waals surface area contributed by atoms with Gasteiger partial charge in [-0.25, -0.2) is 0 Å². The van der Waals surface area contributed by atoms with Crippen molar-refractivity contribution in [3.05, 3.63) is 12.2 Å². The predicted octanol–water partition coefficient (Wildman–Crippen LogP) is 6.40. The Labute approximate surface area is 147 Å². The standard InChI is InChI=1S/C22H45N/c1-13-14(2)15(3)16(4)19(7)22(10,11)20(8)17(5)18(6)21(9)23-12/h15-21,23H,2,13H2,1,3-12H3/t15-,16?,17?,18+,19?,20?,21?/m1/s1. The second-order valence-electron chi connectivity index (χ2n) is 8.85. The summed E-state index contributed by atoms with van der Waals surface area (Å²) < 4.78 is 0. The average molecular weight is 324 g/mol. The molecule has 138 valence electrons. The summed E-state index contributed by atoms with van der Waals surface area (Å²) in [5.74, 6) is 4.02. The van der Waals surface area contributed by atoms with Gasteiger partial charge in [-0.1, -0.05) is 74.5 Å². The first-order valence-corrected chi connectivity index (χ1v) is 9.78. The highest BCUT2D eigenvalue weighted by Gasteiger charge is 2.40. The molecule has 0 fully saturated rings. The number of rotatable bonds is 10. The first kappa shape index (κ1) is 22.7. The fourth-order valence-electron chi connectivity index (χ4n) is 4.07. The van der Waals surface area contributed by atoms with E-state index in [-0.39, 0.29) is 0 Å². The van der Waals surface area contributed by atoms with E-state index in [2.05, 4.69) is 88.2 Å². The number of hydrogen-bond donors (Lipinski definition) is 1. The minimum Gasteiger partial charge on any atom is -0.317 e. The molecule has 0 aliphatic carbocycles. The zero-order chi connectivity index (χ0) is 18.5. The van der Waals surface area contributed by atoms with Gasteiger partial charge in [0.05, 0.1) is 0 Å². The molecule has 0 radical (unpaired) electrons. The molecule has 7 atom stereocenters. The summed E-state index contributed by atoms with van der Waals surface area (Å²) in [4.78, 5) is 0. The van der Waals surface area contributed by atoms with Crippen molar-refractivity contribution in [3.8, 4) is 0 Å². The fourth-order valence-corrected chi connectivity index (χ4v) is 4.07. The minimum atomic E-state index is 0.322. The fraction of sp³-hybridized carbons (Fsp3) is 0.909. The lowest BCUT2D eigenvalue weighted by Gasteiger charge is -2.47. The van der Waals surface area contributed by atoms with Crippen LogP contribution in [0.5, 0.6) is 0 Å². The van der Waals surface area contributed by atoms with Gasteiger partial charge in [-0.15, -0.1) is 0 Å². The lowest BCUT2D eigenvalue weighted by atomic mass is 9.59. The molecule has 0 spiro atoms. The molecule has 1 nitrogen and oxygen atoms in total. The summed E-state index contributed by atoms with van der Waals surface area (Å²) in [6.45, 7) is 28.3. The van der Waals surface area contributed by atoms with E-state index in [0.29, 0.717) is 47.0 Å². The van der Waals surface area contributed by atoms with Gasteiger partial charge in [0.25, 0.3) is 0 Å². The SMILES string of the molecule is C=C(CC)[C@@H](C)C(C)C(C)C(C)(C)C(C)C(C)[C@H](C)C(C)NC. The average Bonchev–Trinajstić information content (AvgIpc) is 2.55. The van der Waals surface area contributed by atoms with E-state index in [1.165, 1.54) is 5.57 Å². The second-order valence-corrected chi connectivity index (χ2v) is 8.85. The number of hydrogen-bond acceptors (Lipinski definition) is 1. The van der Waals surface area contributed by atoms with Gasteiger partial charge in [-0.05, 0) is 61.3 Å². The van der Waals surface area contributed by atoms with Gasteiger partial charge in [0.1, 0.15) is 0 Å². The van der Waals surface area contributed by atoms with Crippen molar-refractivity contribution in [3.63, 3.8) is 0 Å². The summed E-state index contributed by atoms with van der Waals surface area (Å²) in [7, 11) is 2.08. The first-order valence-electron chi connectivity index (χ1n) is 9.78. The summed E-state index contributed by atoms with van der Waals surface area (Å²) in [5.41, 5.74) is 1.72. The van der Waals surface area contributed by atoms with Gasteiger partial charge in [-0.3, -0.25) is 0 Å². The van der Waals surface area contributed by atoms with E-state index in [1.807, 2.05) is 0 Å². The molecule has 1 N–H and O–H groups in total. The lowest BCUT2D eigenvalue weighted by Crippen LogP contribution is -2.42. The highest BCUT2D eigenvalue weighted by molar-refractivity contribution is 5.02. The predicted molar refractivity (Wildman–Crippen MR) is 107 cm³/mol. The normalized spacial score (nSPS) is 21.9. The van der Waals surface area contributed by atoms with Crippen molar-refractivity contribution < 1.29 is 0 Å². The molecule has 0 rings (SSSR count). The van der Waals surface area contributed by atoms with Gasteiger partial charge in [-0.2, -0.15) is 0 Å². The molecule has 0 saturated carbocycles.